The Labute approximate surface area is 118 Å². The summed E-state index contributed by atoms with van der Waals surface area (Å²) in [6.07, 6.45) is 7.59. The molecule has 0 bridgehead atoms. The molecule has 6 heteroatoms. The molecular weight excluding hydrogens is 262 g/mol. The van der Waals surface area contributed by atoms with Crippen LogP contribution in [0.25, 0.3) is 0 Å². The van der Waals surface area contributed by atoms with E-state index in [0.717, 1.165) is 11.7 Å². The van der Waals surface area contributed by atoms with E-state index in [4.69, 9.17) is 5.11 Å². The van der Waals surface area contributed by atoms with Crippen molar-refractivity contribution in [1.29, 1.82) is 0 Å². The van der Waals surface area contributed by atoms with Crippen molar-refractivity contribution in [2.45, 2.75) is 43.9 Å². The van der Waals surface area contributed by atoms with Gasteiger partial charge in [-0.3, -0.25) is 9.69 Å². The van der Waals surface area contributed by atoms with Crippen molar-refractivity contribution in [3.8, 4) is 0 Å². The highest BCUT2D eigenvalue weighted by atomic mass is 32.2. The molecule has 5 nitrogen and oxygen atoms in total. The third-order valence-electron chi connectivity index (χ3n) is 3.48. The number of nitrogens with zero attached hydrogens (tertiary/aromatic N) is 3. The standard InChI is InChI=1S/C13H21N3O2S/c1-11(15-6-3-2-4-7-15)9-16-8-5-14-13(16)19-10-12(17)18/h5,8,11H,2-4,6-7,9-10H2,1H3,(H,17,18). The Kier molecular flexibility index (Phi) is 5.27. The Morgan fingerprint density at radius 2 is 2.21 bits per heavy atom. The van der Waals surface area contributed by atoms with Gasteiger partial charge in [0.25, 0.3) is 0 Å². The molecule has 106 valence electrons. The fourth-order valence-electron chi connectivity index (χ4n) is 2.46. The van der Waals surface area contributed by atoms with Crippen molar-refractivity contribution in [2.24, 2.45) is 0 Å². The first-order valence-electron chi connectivity index (χ1n) is 6.76. The lowest BCUT2D eigenvalue weighted by Crippen LogP contribution is -2.39. The summed E-state index contributed by atoms with van der Waals surface area (Å²) in [4.78, 5) is 17.3. The molecule has 1 aromatic heterocycles. The monoisotopic (exact) mass is 283 g/mol. The lowest BCUT2D eigenvalue weighted by molar-refractivity contribution is -0.133. The second-order valence-electron chi connectivity index (χ2n) is 4.99. The molecule has 1 aliphatic rings. The number of carboxylic acids is 1. The summed E-state index contributed by atoms with van der Waals surface area (Å²) in [7, 11) is 0. The number of carbonyl (C=O) groups is 1. The van der Waals surface area contributed by atoms with Crippen LogP contribution in [0.15, 0.2) is 17.6 Å². The van der Waals surface area contributed by atoms with Crippen LogP contribution in [0.5, 0.6) is 0 Å². The molecule has 1 unspecified atom stereocenters. The summed E-state index contributed by atoms with van der Waals surface area (Å²) in [5.74, 6) is -0.738. The Balaban J connectivity index is 1.90. The highest BCUT2D eigenvalue weighted by Gasteiger charge is 2.18. The third kappa shape index (κ3) is 4.24. The van der Waals surface area contributed by atoms with Crippen molar-refractivity contribution >= 4 is 17.7 Å². The van der Waals surface area contributed by atoms with Crippen LogP contribution in [-0.2, 0) is 11.3 Å². The number of carboxylic acid groups (broad SMARTS) is 1. The average molecular weight is 283 g/mol. The molecule has 0 amide bonds. The van der Waals surface area contributed by atoms with Gasteiger partial charge in [-0.2, -0.15) is 0 Å². The SMILES string of the molecule is CC(Cn1ccnc1SCC(=O)O)N1CCCCC1. The molecule has 0 radical (unpaired) electrons. The van der Waals surface area contributed by atoms with Crippen LogP contribution in [0.4, 0.5) is 0 Å². The van der Waals surface area contributed by atoms with Gasteiger partial charge in [-0.1, -0.05) is 18.2 Å². The fraction of sp³-hybridized carbons (Fsp3) is 0.692. The van der Waals surface area contributed by atoms with Gasteiger partial charge in [-0.15, -0.1) is 0 Å². The van der Waals surface area contributed by atoms with Gasteiger partial charge in [0.05, 0.1) is 5.75 Å². The van der Waals surface area contributed by atoms with Gasteiger partial charge in [0, 0.05) is 25.0 Å². The van der Waals surface area contributed by atoms with Gasteiger partial charge in [0.1, 0.15) is 0 Å². The van der Waals surface area contributed by atoms with Gasteiger partial charge in [-0.25, -0.2) is 4.98 Å². The summed E-state index contributed by atoms with van der Waals surface area (Å²) in [5.41, 5.74) is 0. The second-order valence-corrected chi connectivity index (χ2v) is 5.93. The number of aromatic nitrogens is 2. The highest BCUT2D eigenvalue weighted by Crippen LogP contribution is 2.18. The number of likely N-dealkylation sites (tertiary alicyclic amines) is 1. The van der Waals surface area contributed by atoms with Crippen molar-refractivity contribution in [3.63, 3.8) is 0 Å². The number of hydrogen-bond acceptors (Lipinski definition) is 4. The van der Waals surface area contributed by atoms with Crippen molar-refractivity contribution in [3.05, 3.63) is 12.4 Å². The Hall–Kier alpha value is -1.01. The van der Waals surface area contributed by atoms with E-state index in [9.17, 15) is 4.79 Å². The second kappa shape index (κ2) is 6.96. The fourth-order valence-corrected chi connectivity index (χ4v) is 3.15. The van der Waals surface area contributed by atoms with E-state index in [1.165, 1.54) is 44.1 Å². The smallest absolute Gasteiger partial charge is 0.313 e. The molecule has 1 aliphatic heterocycles. The zero-order chi connectivity index (χ0) is 13.7. The zero-order valence-corrected chi connectivity index (χ0v) is 12.1. The molecule has 0 spiro atoms. The summed E-state index contributed by atoms with van der Waals surface area (Å²) in [6.45, 7) is 5.46. The maximum Gasteiger partial charge on any atom is 0.313 e. The molecule has 0 saturated carbocycles. The number of rotatable bonds is 6. The zero-order valence-electron chi connectivity index (χ0n) is 11.3. The van der Waals surface area contributed by atoms with E-state index < -0.39 is 5.97 Å². The average Bonchev–Trinajstić information content (AvgIpc) is 2.84. The summed E-state index contributed by atoms with van der Waals surface area (Å²) >= 11 is 1.28. The molecule has 1 fully saturated rings. The van der Waals surface area contributed by atoms with Gasteiger partial charge in [0.2, 0.25) is 0 Å². The highest BCUT2D eigenvalue weighted by molar-refractivity contribution is 7.99. The minimum Gasteiger partial charge on any atom is -0.481 e. The summed E-state index contributed by atoms with van der Waals surface area (Å²) in [5, 5.41) is 9.52. The lowest BCUT2D eigenvalue weighted by atomic mass is 10.1. The van der Waals surface area contributed by atoms with Crippen LogP contribution in [0.1, 0.15) is 26.2 Å². The molecule has 1 aromatic rings. The topological polar surface area (TPSA) is 58.4 Å². The van der Waals surface area contributed by atoms with Crippen molar-refractivity contribution < 1.29 is 9.90 Å². The van der Waals surface area contributed by atoms with E-state index in [1.807, 2.05) is 6.20 Å². The predicted octanol–water partition coefficient (Wildman–Crippen LogP) is 1.93. The Morgan fingerprint density at radius 1 is 1.47 bits per heavy atom. The lowest BCUT2D eigenvalue weighted by Gasteiger charge is -2.32. The normalized spacial score (nSPS) is 18.4. The first-order valence-corrected chi connectivity index (χ1v) is 7.75. The van der Waals surface area contributed by atoms with Gasteiger partial charge >= 0.3 is 5.97 Å². The molecular formula is C13H21N3O2S. The molecule has 1 saturated heterocycles. The molecule has 2 heterocycles. The largest absolute Gasteiger partial charge is 0.481 e. The van der Waals surface area contributed by atoms with Gasteiger partial charge in [-0.05, 0) is 32.9 Å². The van der Waals surface area contributed by atoms with Gasteiger partial charge < -0.3 is 9.67 Å². The van der Waals surface area contributed by atoms with Crippen molar-refractivity contribution in [2.75, 3.05) is 18.8 Å². The quantitative estimate of drug-likeness (QED) is 0.809. The first kappa shape index (κ1) is 14.4. The van der Waals surface area contributed by atoms with Crippen LogP contribution >= 0.6 is 11.8 Å². The summed E-state index contributed by atoms with van der Waals surface area (Å²) < 4.78 is 2.06. The molecule has 2 rings (SSSR count). The Morgan fingerprint density at radius 3 is 2.89 bits per heavy atom. The molecule has 1 atom stereocenters. The van der Waals surface area contributed by atoms with E-state index in [0.29, 0.717) is 6.04 Å². The molecule has 0 aromatic carbocycles. The maximum absolute atomic E-state index is 10.6. The van der Waals surface area contributed by atoms with Crippen LogP contribution in [-0.4, -0.2) is 50.4 Å². The molecule has 0 aliphatic carbocycles. The minimum atomic E-state index is -0.802. The van der Waals surface area contributed by atoms with E-state index in [2.05, 4.69) is 21.4 Å². The Bertz CT molecular complexity index is 416. The summed E-state index contributed by atoms with van der Waals surface area (Å²) in [6, 6.07) is 0.471. The number of hydrogen-bond donors (Lipinski definition) is 1. The van der Waals surface area contributed by atoms with E-state index in [-0.39, 0.29) is 5.75 Å². The molecule has 1 N–H and O–H groups in total. The minimum absolute atomic E-state index is 0.0646. The van der Waals surface area contributed by atoms with Crippen LogP contribution in [0, 0.1) is 0 Å². The van der Waals surface area contributed by atoms with Crippen LogP contribution in [0.3, 0.4) is 0 Å². The number of thioether (sulfide) groups is 1. The third-order valence-corrected chi connectivity index (χ3v) is 4.47. The number of piperidine rings is 1. The van der Waals surface area contributed by atoms with Crippen molar-refractivity contribution in [1.82, 2.24) is 14.5 Å². The number of imidazole rings is 1. The van der Waals surface area contributed by atoms with E-state index in [1.54, 1.807) is 6.20 Å². The molecule has 19 heavy (non-hydrogen) atoms. The van der Waals surface area contributed by atoms with E-state index >= 15 is 0 Å². The van der Waals surface area contributed by atoms with Crippen LogP contribution in [0.2, 0.25) is 0 Å². The first-order chi connectivity index (χ1) is 9.16. The maximum atomic E-state index is 10.6. The van der Waals surface area contributed by atoms with Gasteiger partial charge in [0.15, 0.2) is 5.16 Å². The van der Waals surface area contributed by atoms with Crippen LogP contribution < -0.4 is 0 Å². The predicted molar refractivity (Wildman–Crippen MR) is 75.5 cm³/mol. The number of aliphatic carboxylic acids is 1.